The van der Waals surface area contributed by atoms with Crippen molar-refractivity contribution in [3.63, 3.8) is 0 Å². The quantitative estimate of drug-likeness (QED) is 0.792. The number of alkyl halides is 3. The number of hydrogen-bond donors (Lipinski definition) is 1. The molecule has 25 heavy (non-hydrogen) atoms. The third-order valence-corrected chi connectivity index (χ3v) is 4.08. The van der Waals surface area contributed by atoms with Crippen molar-refractivity contribution >= 4 is 0 Å². The highest BCUT2D eigenvalue weighted by Crippen LogP contribution is 2.33. The lowest BCUT2D eigenvalue weighted by atomic mass is 9.98. The Balaban J connectivity index is 1.89. The Labute approximate surface area is 142 Å². The van der Waals surface area contributed by atoms with Gasteiger partial charge in [0.25, 0.3) is 0 Å². The maximum Gasteiger partial charge on any atom is 0.384 e. The Morgan fingerprint density at radius 2 is 1.88 bits per heavy atom. The minimum absolute atomic E-state index is 0.0656. The number of aromatic nitrogens is 1. The van der Waals surface area contributed by atoms with Crippen LogP contribution in [0.3, 0.4) is 0 Å². The van der Waals surface area contributed by atoms with Crippen LogP contribution in [-0.2, 0) is 11.3 Å². The van der Waals surface area contributed by atoms with Crippen LogP contribution in [0.4, 0.5) is 17.6 Å². The lowest BCUT2D eigenvalue weighted by Crippen LogP contribution is -2.26. The van der Waals surface area contributed by atoms with E-state index in [9.17, 15) is 17.6 Å². The monoisotopic (exact) mass is 358 g/mol. The molecule has 1 aliphatic rings. The molecular formula is C17H18F4N2O2. The van der Waals surface area contributed by atoms with Crippen LogP contribution in [0.1, 0.15) is 30.3 Å². The van der Waals surface area contributed by atoms with E-state index < -0.39 is 25.2 Å². The molecule has 136 valence electrons. The van der Waals surface area contributed by atoms with Gasteiger partial charge in [-0.25, -0.2) is 13.8 Å². The number of nitrogens with zero attached hydrogens (tertiary/aromatic N) is 1. The van der Waals surface area contributed by atoms with E-state index in [2.05, 4.69) is 15.0 Å². The van der Waals surface area contributed by atoms with Gasteiger partial charge in [0.1, 0.15) is 11.5 Å². The molecule has 0 atom stereocenters. The Bertz CT molecular complexity index is 697. The average Bonchev–Trinajstić information content (AvgIpc) is 3.06. The van der Waals surface area contributed by atoms with Crippen molar-refractivity contribution in [2.45, 2.75) is 31.5 Å². The van der Waals surface area contributed by atoms with Gasteiger partial charge >= 0.3 is 6.11 Å². The van der Waals surface area contributed by atoms with Gasteiger partial charge in [0.15, 0.2) is 18.3 Å². The highest BCUT2D eigenvalue weighted by Gasteiger charge is 2.32. The zero-order valence-corrected chi connectivity index (χ0v) is 13.4. The highest BCUT2D eigenvalue weighted by atomic mass is 19.3. The first-order chi connectivity index (χ1) is 12.0. The topological polar surface area (TPSA) is 47.3 Å². The van der Waals surface area contributed by atoms with E-state index in [1.54, 1.807) is 0 Å². The Hall–Kier alpha value is -1.93. The van der Waals surface area contributed by atoms with Crippen LogP contribution >= 0.6 is 0 Å². The smallest absolute Gasteiger partial charge is 0.384 e. The van der Waals surface area contributed by atoms with E-state index >= 15 is 0 Å². The van der Waals surface area contributed by atoms with Crippen LogP contribution in [0.2, 0.25) is 0 Å². The molecule has 4 nitrogen and oxygen atoms in total. The van der Waals surface area contributed by atoms with E-state index in [1.807, 2.05) is 0 Å². The van der Waals surface area contributed by atoms with Crippen LogP contribution in [0.5, 0.6) is 0 Å². The summed E-state index contributed by atoms with van der Waals surface area (Å²) in [5.41, 5.74) is 0.643. The van der Waals surface area contributed by atoms with E-state index in [0.717, 1.165) is 25.9 Å². The van der Waals surface area contributed by atoms with Gasteiger partial charge < -0.3 is 14.5 Å². The van der Waals surface area contributed by atoms with Crippen molar-refractivity contribution in [3.05, 3.63) is 41.7 Å². The number of piperidine rings is 1. The fraction of sp³-hybridized carbons (Fsp3) is 0.471. The number of benzene rings is 1. The molecule has 2 heterocycles. The first kappa shape index (κ1) is 17.9. The van der Waals surface area contributed by atoms with Crippen molar-refractivity contribution < 1.29 is 26.7 Å². The molecule has 0 spiro atoms. The maximum atomic E-state index is 13.1. The summed E-state index contributed by atoms with van der Waals surface area (Å²) in [6, 6.07) is 5.42. The standard InChI is InChI=1S/C17H18F4N2O2/c18-10-17(20,21)24-9-14-15(11-1-3-13(19)4-2-11)25-16(23-14)12-5-7-22-8-6-12/h1-4,12,22H,5-10H2. The second-order valence-corrected chi connectivity index (χ2v) is 5.92. The largest absolute Gasteiger partial charge is 0.440 e. The van der Waals surface area contributed by atoms with Crippen molar-refractivity contribution in [2.75, 3.05) is 19.8 Å². The van der Waals surface area contributed by atoms with Crippen molar-refractivity contribution in [1.82, 2.24) is 10.3 Å². The summed E-state index contributed by atoms with van der Waals surface area (Å²) in [4.78, 5) is 4.30. The van der Waals surface area contributed by atoms with Crippen LogP contribution in [0.15, 0.2) is 28.7 Å². The Morgan fingerprint density at radius 1 is 1.20 bits per heavy atom. The van der Waals surface area contributed by atoms with Gasteiger partial charge in [0.05, 0.1) is 6.61 Å². The molecule has 1 aliphatic heterocycles. The van der Waals surface area contributed by atoms with E-state index in [-0.39, 0.29) is 17.4 Å². The minimum Gasteiger partial charge on any atom is -0.440 e. The van der Waals surface area contributed by atoms with Crippen LogP contribution < -0.4 is 5.32 Å². The van der Waals surface area contributed by atoms with Crippen LogP contribution in [0.25, 0.3) is 11.3 Å². The summed E-state index contributed by atoms with van der Waals surface area (Å²) in [5, 5.41) is 3.22. The average molecular weight is 358 g/mol. The summed E-state index contributed by atoms with van der Waals surface area (Å²) in [7, 11) is 0. The van der Waals surface area contributed by atoms with Gasteiger partial charge in [0, 0.05) is 11.5 Å². The molecule has 3 rings (SSSR count). The molecule has 0 amide bonds. The van der Waals surface area contributed by atoms with Gasteiger partial charge in [-0.3, -0.25) is 0 Å². The molecule has 1 saturated heterocycles. The van der Waals surface area contributed by atoms with Gasteiger partial charge in [-0.05, 0) is 50.2 Å². The molecule has 0 bridgehead atoms. The minimum atomic E-state index is -3.88. The molecule has 0 unspecified atom stereocenters. The summed E-state index contributed by atoms with van der Waals surface area (Å²) in [6.45, 7) is -0.897. The van der Waals surface area contributed by atoms with Crippen molar-refractivity contribution in [2.24, 2.45) is 0 Å². The molecular weight excluding hydrogens is 340 g/mol. The number of oxazole rings is 1. The van der Waals surface area contributed by atoms with Crippen LogP contribution in [0, 0.1) is 5.82 Å². The van der Waals surface area contributed by atoms with E-state index in [4.69, 9.17) is 4.42 Å². The van der Waals surface area contributed by atoms with E-state index in [0.29, 0.717) is 11.5 Å². The summed E-state index contributed by atoms with van der Waals surface area (Å²) in [5.74, 6) is 0.311. The fourth-order valence-electron chi connectivity index (χ4n) is 2.75. The van der Waals surface area contributed by atoms with Gasteiger partial charge in [-0.15, -0.1) is 0 Å². The number of ether oxygens (including phenoxy) is 1. The molecule has 1 fully saturated rings. The third-order valence-electron chi connectivity index (χ3n) is 4.08. The number of nitrogens with one attached hydrogen (secondary N) is 1. The van der Waals surface area contributed by atoms with Crippen LogP contribution in [-0.4, -0.2) is 30.9 Å². The predicted molar refractivity (Wildman–Crippen MR) is 82.5 cm³/mol. The maximum absolute atomic E-state index is 13.1. The number of halogens is 4. The Morgan fingerprint density at radius 3 is 2.52 bits per heavy atom. The number of hydrogen-bond acceptors (Lipinski definition) is 4. The summed E-state index contributed by atoms with van der Waals surface area (Å²) >= 11 is 0. The van der Waals surface area contributed by atoms with Crippen molar-refractivity contribution in [3.8, 4) is 11.3 Å². The summed E-state index contributed by atoms with van der Waals surface area (Å²) in [6.07, 6.45) is -2.26. The highest BCUT2D eigenvalue weighted by molar-refractivity contribution is 5.59. The number of rotatable bonds is 6. The molecule has 8 heteroatoms. The predicted octanol–water partition coefficient (Wildman–Crippen LogP) is 4.03. The second-order valence-electron chi connectivity index (χ2n) is 5.92. The zero-order valence-electron chi connectivity index (χ0n) is 13.4. The fourth-order valence-corrected chi connectivity index (χ4v) is 2.75. The first-order valence-electron chi connectivity index (χ1n) is 8.02. The molecule has 0 aliphatic carbocycles. The third kappa shape index (κ3) is 4.38. The summed E-state index contributed by atoms with van der Waals surface area (Å²) < 4.78 is 61.7. The van der Waals surface area contributed by atoms with Gasteiger partial charge in [-0.2, -0.15) is 8.78 Å². The molecule has 0 radical (unpaired) electrons. The second kappa shape index (κ2) is 7.53. The first-order valence-corrected chi connectivity index (χ1v) is 8.02. The molecule has 1 aromatic carbocycles. The molecule has 1 aromatic heterocycles. The molecule has 1 N–H and O–H groups in total. The lowest BCUT2D eigenvalue weighted by molar-refractivity contribution is -0.253. The molecule has 0 saturated carbocycles. The Kier molecular flexibility index (Phi) is 5.39. The van der Waals surface area contributed by atoms with Gasteiger partial charge in [0.2, 0.25) is 0 Å². The van der Waals surface area contributed by atoms with Gasteiger partial charge in [-0.1, -0.05) is 0 Å². The molecule has 2 aromatic rings. The SMILES string of the molecule is FCC(F)(F)OCc1nc(C2CCNCC2)oc1-c1ccc(F)cc1. The van der Waals surface area contributed by atoms with E-state index in [1.165, 1.54) is 24.3 Å². The van der Waals surface area contributed by atoms with Crippen molar-refractivity contribution in [1.29, 1.82) is 0 Å². The normalized spacial score (nSPS) is 16.3. The zero-order chi connectivity index (χ0) is 17.9. The lowest BCUT2D eigenvalue weighted by Gasteiger charge is -2.19.